The van der Waals surface area contributed by atoms with E-state index in [1.54, 1.807) is 30.9 Å². The molecule has 27 heavy (non-hydrogen) atoms. The molecule has 1 unspecified atom stereocenters. The molecule has 0 saturated heterocycles. The normalized spacial score (nSPS) is 15.3. The lowest BCUT2D eigenvalue weighted by molar-refractivity contribution is -0.116. The van der Waals surface area contributed by atoms with Crippen molar-refractivity contribution in [2.45, 2.75) is 12.5 Å². The van der Waals surface area contributed by atoms with Gasteiger partial charge >= 0.3 is 0 Å². The third-order valence-corrected chi connectivity index (χ3v) is 4.26. The topological polar surface area (TPSA) is 77.0 Å². The number of benzene rings is 1. The van der Waals surface area contributed by atoms with Crippen molar-refractivity contribution in [2.75, 3.05) is 6.54 Å². The summed E-state index contributed by atoms with van der Waals surface area (Å²) < 4.78 is 5.92. The van der Waals surface area contributed by atoms with Crippen LogP contribution in [0.3, 0.4) is 0 Å². The van der Waals surface area contributed by atoms with E-state index in [-0.39, 0.29) is 12.0 Å². The van der Waals surface area contributed by atoms with Gasteiger partial charge in [0.15, 0.2) is 0 Å². The molecular formula is C21H18N4O2. The van der Waals surface area contributed by atoms with Gasteiger partial charge in [-0.3, -0.25) is 19.7 Å². The van der Waals surface area contributed by atoms with Gasteiger partial charge in [-0.15, -0.1) is 0 Å². The Labute approximate surface area is 157 Å². The molecule has 4 rings (SSSR count). The Kier molecular flexibility index (Phi) is 4.87. The van der Waals surface area contributed by atoms with Gasteiger partial charge in [-0.05, 0) is 42.0 Å². The maximum atomic E-state index is 12.0. The second kappa shape index (κ2) is 7.78. The minimum absolute atomic E-state index is 0.0793. The van der Waals surface area contributed by atoms with E-state index in [0.29, 0.717) is 6.54 Å². The van der Waals surface area contributed by atoms with Crippen molar-refractivity contribution < 1.29 is 9.53 Å². The van der Waals surface area contributed by atoms with Gasteiger partial charge in [-0.25, -0.2) is 0 Å². The highest BCUT2D eigenvalue weighted by atomic mass is 16.5. The van der Waals surface area contributed by atoms with Crippen LogP contribution in [0, 0.1) is 0 Å². The molecule has 1 N–H and O–H groups in total. The number of pyridine rings is 1. The van der Waals surface area contributed by atoms with Crippen molar-refractivity contribution in [1.82, 2.24) is 20.3 Å². The first-order valence-electron chi connectivity index (χ1n) is 8.71. The number of amides is 1. The molecule has 1 aliphatic heterocycles. The molecule has 0 aliphatic carbocycles. The third-order valence-electron chi connectivity index (χ3n) is 4.26. The van der Waals surface area contributed by atoms with Gasteiger partial charge in [-0.2, -0.15) is 0 Å². The second-order valence-corrected chi connectivity index (χ2v) is 6.19. The molecule has 134 valence electrons. The zero-order valence-electron chi connectivity index (χ0n) is 14.6. The van der Waals surface area contributed by atoms with Crippen LogP contribution in [-0.4, -0.2) is 33.5 Å². The Hall–Kier alpha value is -3.54. The fourth-order valence-electron chi connectivity index (χ4n) is 2.95. The Morgan fingerprint density at radius 2 is 2.15 bits per heavy atom. The predicted molar refractivity (Wildman–Crippen MR) is 102 cm³/mol. The van der Waals surface area contributed by atoms with Crippen molar-refractivity contribution >= 4 is 12.0 Å². The highest BCUT2D eigenvalue weighted by Crippen LogP contribution is 2.32. The summed E-state index contributed by atoms with van der Waals surface area (Å²) in [7, 11) is 0. The van der Waals surface area contributed by atoms with E-state index in [2.05, 4.69) is 26.3 Å². The summed E-state index contributed by atoms with van der Waals surface area (Å²) in [5.74, 6) is 0.686. The average Bonchev–Trinajstić information content (AvgIpc) is 3.14. The number of carbonyl (C=O) groups excluding carboxylic acids is 1. The molecule has 2 aromatic heterocycles. The highest BCUT2D eigenvalue weighted by molar-refractivity contribution is 5.91. The van der Waals surface area contributed by atoms with Crippen LogP contribution in [-0.2, 0) is 11.2 Å². The second-order valence-electron chi connectivity index (χ2n) is 6.19. The largest absolute Gasteiger partial charge is 0.488 e. The maximum Gasteiger partial charge on any atom is 0.244 e. The zero-order valence-corrected chi connectivity index (χ0v) is 14.6. The molecule has 3 heterocycles. The summed E-state index contributed by atoms with van der Waals surface area (Å²) in [4.78, 5) is 24.6. The van der Waals surface area contributed by atoms with Gasteiger partial charge in [0.2, 0.25) is 5.91 Å². The summed E-state index contributed by atoms with van der Waals surface area (Å²) in [5.41, 5.74) is 3.69. The van der Waals surface area contributed by atoms with Crippen LogP contribution < -0.4 is 10.1 Å². The predicted octanol–water partition coefficient (Wildman–Crippen LogP) is 2.67. The number of nitrogens with zero attached hydrogens (tertiary/aromatic N) is 3. The van der Waals surface area contributed by atoms with E-state index in [0.717, 1.165) is 34.7 Å². The van der Waals surface area contributed by atoms with Crippen molar-refractivity contribution in [3.8, 4) is 17.0 Å². The lowest BCUT2D eigenvalue weighted by Crippen LogP contribution is -2.33. The van der Waals surface area contributed by atoms with Crippen LogP contribution in [0.15, 0.2) is 67.3 Å². The van der Waals surface area contributed by atoms with E-state index >= 15 is 0 Å². The smallest absolute Gasteiger partial charge is 0.244 e. The SMILES string of the molecule is O=C(/C=C/c1ccccn1)NCC1Cc2cc(-c3cnccn3)ccc2O1. The van der Waals surface area contributed by atoms with Gasteiger partial charge in [-0.1, -0.05) is 6.07 Å². The van der Waals surface area contributed by atoms with Gasteiger partial charge in [0.1, 0.15) is 11.9 Å². The van der Waals surface area contributed by atoms with Gasteiger partial charge in [0.25, 0.3) is 0 Å². The van der Waals surface area contributed by atoms with Gasteiger partial charge in [0, 0.05) is 36.7 Å². The number of carbonyl (C=O) groups is 1. The molecule has 1 aliphatic rings. The third kappa shape index (κ3) is 4.17. The Morgan fingerprint density at radius 3 is 2.96 bits per heavy atom. The quantitative estimate of drug-likeness (QED) is 0.710. The molecule has 1 atom stereocenters. The molecule has 3 aromatic rings. The molecule has 0 fully saturated rings. The summed E-state index contributed by atoms with van der Waals surface area (Å²) in [6.07, 6.45) is 10.6. The first-order valence-corrected chi connectivity index (χ1v) is 8.71. The standard InChI is InChI=1S/C21H18N4O2/c26-21(7-5-17-3-1-2-8-23-17)25-13-18-12-16-11-15(4-6-20(16)27-18)19-14-22-9-10-24-19/h1-11,14,18H,12-13H2,(H,25,26)/b7-5+. The minimum Gasteiger partial charge on any atom is -0.488 e. The summed E-state index contributed by atoms with van der Waals surface area (Å²) in [5, 5.41) is 2.88. The molecule has 0 radical (unpaired) electrons. The average molecular weight is 358 g/mol. The van der Waals surface area contributed by atoms with Crippen molar-refractivity contribution in [1.29, 1.82) is 0 Å². The van der Waals surface area contributed by atoms with Gasteiger partial charge in [0.05, 0.1) is 24.1 Å². The summed E-state index contributed by atoms with van der Waals surface area (Å²) in [6, 6.07) is 11.5. The van der Waals surface area contributed by atoms with E-state index in [4.69, 9.17) is 4.74 Å². The molecule has 0 saturated carbocycles. The van der Waals surface area contributed by atoms with Gasteiger partial charge < -0.3 is 10.1 Å². The van der Waals surface area contributed by atoms with Crippen LogP contribution in [0.25, 0.3) is 17.3 Å². The number of hydrogen-bond acceptors (Lipinski definition) is 5. The number of aromatic nitrogens is 3. The Bertz CT molecular complexity index is 958. The Balaban J connectivity index is 1.33. The Morgan fingerprint density at radius 1 is 1.19 bits per heavy atom. The number of ether oxygens (including phenoxy) is 1. The fraction of sp³-hybridized carbons (Fsp3) is 0.143. The molecule has 0 bridgehead atoms. The van der Waals surface area contributed by atoms with Crippen molar-refractivity contribution in [3.05, 3.63) is 78.5 Å². The molecule has 1 amide bonds. The zero-order chi connectivity index (χ0) is 18.5. The van der Waals surface area contributed by atoms with E-state index in [1.165, 1.54) is 6.08 Å². The lowest BCUT2D eigenvalue weighted by Gasteiger charge is -2.10. The molecule has 1 aromatic carbocycles. The fourth-order valence-corrected chi connectivity index (χ4v) is 2.95. The van der Waals surface area contributed by atoms with Crippen LogP contribution >= 0.6 is 0 Å². The lowest BCUT2D eigenvalue weighted by atomic mass is 10.0. The highest BCUT2D eigenvalue weighted by Gasteiger charge is 2.23. The van der Waals surface area contributed by atoms with E-state index in [9.17, 15) is 4.79 Å². The van der Waals surface area contributed by atoms with Crippen LogP contribution in [0.2, 0.25) is 0 Å². The van der Waals surface area contributed by atoms with Crippen LogP contribution in [0.4, 0.5) is 0 Å². The van der Waals surface area contributed by atoms with Crippen molar-refractivity contribution in [2.24, 2.45) is 0 Å². The van der Waals surface area contributed by atoms with Crippen LogP contribution in [0.5, 0.6) is 5.75 Å². The molecule has 0 spiro atoms. The monoisotopic (exact) mass is 358 g/mol. The molecule has 6 heteroatoms. The number of fused-ring (bicyclic) bond motifs is 1. The first kappa shape index (κ1) is 16.9. The minimum atomic E-state index is -0.166. The van der Waals surface area contributed by atoms with E-state index in [1.807, 2.05) is 30.3 Å². The van der Waals surface area contributed by atoms with E-state index < -0.39 is 0 Å². The number of hydrogen-bond donors (Lipinski definition) is 1. The number of nitrogens with one attached hydrogen (secondary N) is 1. The van der Waals surface area contributed by atoms with Crippen molar-refractivity contribution in [3.63, 3.8) is 0 Å². The summed E-state index contributed by atoms with van der Waals surface area (Å²) in [6.45, 7) is 0.445. The summed E-state index contributed by atoms with van der Waals surface area (Å²) >= 11 is 0. The number of rotatable bonds is 5. The first-order chi connectivity index (χ1) is 13.3. The maximum absolute atomic E-state index is 12.0. The molecule has 6 nitrogen and oxygen atoms in total. The molecular weight excluding hydrogens is 340 g/mol. The van der Waals surface area contributed by atoms with Crippen LogP contribution in [0.1, 0.15) is 11.3 Å².